The molecule has 3 heterocycles. The second kappa shape index (κ2) is 8.41. The number of rotatable bonds is 4. The number of hydrogen-bond donors (Lipinski definition) is 3. The standard InChI is InChI=1S/C21H27N3O8/c1-20(2)29-13-14(30-20)16-19(32-21(3,4)31-16)28-15(13)18(27)24-23-12(25)10-22-17(26)11-8-6-5-7-9-11/h5-9,13-16,19H,10H2,1-4H3,(H,22,26)(H,23,25)(H,24,27). The molecule has 32 heavy (non-hydrogen) atoms. The molecule has 1 aromatic carbocycles. The van der Waals surface area contributed by atoms with Crippen LogP contribution in [0, 0.1) is 0 Å². The lowest BCUT2D eigenvalue weighted by molar-refractivity contribution is -0.231. The third-order valence-corrected chi connectivity index (χ3v) is 5.18. The van der Waals surface area contributed by atoms with E-state index in [4.69, 9.17) is 23.7 Å². The highest BCUT2D eigenvalue weighted by atomic mass is 16.9. The fourth-order valence-electron chi connectivity index (χ4n) is 3.92. The van der Waals surface area contributed by atoms with Crippen molar-refractivity contribution >= 4 is 17.7 Å². The number of carbonyl (C=O) groups is 3. The van der Waals surface area contributed by atoms with Gasteiger partial charge in [-0.15, -0.1) is 0 Å². The maximum Gasteiger partial charge on any atom is 0.270 e. The van der Waals surface area contributed by atoms with Gasteiger partial charge in [0.25, 0.3) is 17.7 Å². The molecule has 11 heteroatoms. The van der Waals surface area contributed by atoms with Crippen LogP contribution in [0.25, 0.3) is 0 Å². The smallest absolute Gasteiger partial charge is 0.270 e. The largest absolute Gasteiger partial charge is 0.343 e. The zero-order valence-corrected chi connectivity index (χ0v) is 18.2. The Hall–Kier alpha value is -2.57. The van der Waals surface area contributed by atoms with Gasteiger partial charge in [-0.2, -0.15) is 0 Å². The first-order chi connectivity index (χ1) is 15.0. The van der Waals surface area contributed by atoms with E-state index in [1.54, 1.807) is 58.0 Å². The van der Waals surface area contributed by atoms with Crippen molar-refractivity contribution < 1.29 is 38.1 Å². The maximum atomic E-state index is 12.8. The molecule has 3 N–H and O–H groups in total. The van der Waals surface area contributed by atoms with Crippen LogP contribution >= 0.6 is 0 Å². The lowest BCUT2D eigenvalue weighted by Gasteiger charge is -2.36. The van der Waals surface area contributed by atoms with Crippen molar-refractivity contribution in [1.82, 2.24) is 16.2 Å². The lowest BCUT2D eigenvalue weighted by Crippen LogP contribution is -2.61. The average molecular weight is 449 g/mol. The van der Waals surface area contributed by atoms with Gasteiger partial charge in [-0.25, -0.2) is 0 Å². The predicted molar refractivity (Wildman–Crippen MR) is 108 cm³/mol. The highest BCUT2D eigenvalue weighted by molar-refractivity contribution is 5.96. The van der Waals surface area contributed by atoms with E-state index in [0.29, 0.717) is 5.56 Å². The summed E-state index contributed by atoms with van der Waals surface area (Å²) < 4.78 is 29.3. The van der Waals surface area contributed by atoms with Gasteiger partial charge in [0.05, 0.1) is 6.54 Å². The zero-order chi connectivity index (χ0) is 23.1. The molecule has 0 aliphatic carbocycles. The van der Waals surface area contributed by atoms with Crippen LogP contribution in [0.2, 0.25) is 0 Å². The molecule has 0 bridgehead atoms. The summed E-state index contributed by atoms with van der Waals surface area (Å²) in [7, 11) is 0. The molecule has 3 fully saturated rings. The molecule has 1 aromatic rings. The normalized spacial score (nSPS) is 31.8. The number of benzene rings is 1. The van der Waals surface area contributed by atoms with Crippen LogP contribution in [0.4, 0.5) is 0 Å². The fraction of sp³-hybridized carbons (Fsp3) is 0.571. The van der Waals surface area contributed by atoms with Gasteiger partial charge in [-0.3, -0.25) is 25.2 Å². The van der Waals surface area contributed by atoms with E-state index < -0.39 is 60.0 Å². The van der Waals surface area contributed by atoms with Crippen LogP contribution in [-0.2, 0) is 33.3 Å². The summed E-state index contributed by atoms with van der Waals surface area (Å²) in [5.74, 6) is -3.52. The second-order valence-electron chi connectivity index (χ2n) is 8.68. The minimum absolute atomic E-state index is 0.325. The maximum absolute atomic E-state index is 12.8. The van der Waals surface area contributed by atoms with Crippen LogP contribution in [-0.4, -0.2) is 66.5 Å². The molecule has 0 radical (unpaired) electrons. The summed E-state index contributed by atoms with van der Waals surface area (Å²) in [4.78, 5) is 36.9. The first-order valence-corrected chi connectivity index (χ1v) is 10.3. The Morgan fingerprint density at radius 1 is 0.844 bits per heavy atom. The Morgan fingerprint density at radius 3 is 2.19 bits per heavy atom. The van der Waals surface area contributed by atoms with E-state index in [1.807, 2.05) is 0 Å². The molecule has 0 saturated carbocycles. The molecule has 5 unspecified atom stereocenters. The Bertz CT molecular complexity index is 890. The number of nitrogens with one attached hydrogen (secondary N) is 3. The number of ether oxygens (including phenoxy) is 5. The van der Waals surface area contributed by atoms with Crippen molar-refractivity contribution in [3.63, 3.8) is 0 Å². The molecule has 3 aliphatic rings. The molecule has 174 valence electrons. The summed E-state index contributed by atoms with van der Waals surface area (Å²) in [6.07, 6.45) is -3.87. The Labute approximate surface area is 185 Å². The summed E-state index contributed by atoms with van der Waals surface area (Å²) in [5.41, 5.74) is 4.99. The molecule has 0 spiro atoms. The molecule has 3 amide bonds. The van der Waals surface area contributed by atoms with Gasteiger partial charge < -0.3 is 29.0 Å². The zero-order valence-electron chi connectivity index (χ0n) is 18.2. The number of hydrazine groups is 1. The van der Waals surface area contributed by atoms with E-state index in [9.17, 15) is 14.4 Å². The van der Waals surface area contributed by atoms with Gasteiger partial charge in [-0.05, 0) is 39.8 Å². The van der Waals surface area contributed by atoms with Crippen molar-refractivity contribution in [2.24, 2.45) is 0 Å². The van der Waals surface area contributed by atoms with Crippen LogP contribution < -0.4 is 16.2 Å². The topological polar surface area (TPSA) is 133 Å². The van der Waals surface area contributed by atoms with Gasteiger partial charge >= 0.3 is 0 Å². The van der Waals surface area contributed by atoms with Gasteiger partial charge in [0, 0.05) is 5.56 Å². The van der Waals surface area contributed by atoms with Crippen molar-refractivity contribution in [2.75, 3.05) is 6.54 Å². The molecular formula is C21H27N3O8. The second-order valence-corrected chi connectivity index (χ2v) is 8.68. The lowest BCUT2D eigenvalue weighted by atomic mass is 9.98. The van der Waals surface area contributed by atoms with E-state index in [1.165, 1.54) is 0 Å². The quantitative estimate of drug-likeness (QED) is 0.546. The molecule has 4 rings (SSSR count). The monoisotopic (exact) mass is 449 g/mol. The van der Waals surface area contributed by atoms with Crippen molar-refractivity contribution in [3.05, 3.63) is 35.9 Å². The Morgan fingerprint density at radius 2 is 1.47 bits per heavy atom. The number of hydrogen-bond acceptors (Lipinski definition) is 8. The van der Waals surface area contributed by atoms with Gasteiger partial charge in [0.2, 0.25) is 0 Å². The van der Waals surface area contributed by atoms with Gasteiger partial charge in [-0.1, -0.05) is 18.2 Å². The Balaban J connectivity index is 1.33. The SMILES string of the molecule is CC1(C)OC2OC(C(=O)NNC(=O)CNC(=O)c3ccccc3)C3OC(C)(C)OC3C2O1. The molecule has 5 atom stereocenters. The fourth-order valence-corrected chi connectivity index (χ4v) is 3.92. The molecular weight excluding hydrogens is 422 g/mol. The molecule has 11 nitrogen and oxygen atoms in total. The number of fused-ring (bicyclic) bond motifs is 3. The summed E-state index contributed by atoms with van der Waals surface area (Å²) in [5, 5.41) is 2.47. The third-order valence-electron chi connectivity index (χ3n) is 5.18. The minimum atomic E-state index is -1.11. The number of carbonyl (C=O) groups excluding carboxylic acids is 3. The van der Waals surface area contributed by atoms with Crippen molar-refractivity contribution in [1.29, 1.82) is 0 Å². The Kier molecular flexibility index (Phi) is 5.94. The van der Waals surface area contributed by atoms with E-state index in [0.717, 1.165) is 0 Å². The third kappa shape index (κ3) is 4.76. The van der Waals surface area contributed by atoms with E-state index in [2.05, 4.69) is 16.2 Å². The summed E-state index contributed by atoms with van der Waals surface area (Å²) in [6, 6.07) is 8.46. The molecule has 3 aliphatic heterocycles. The van der Waals surface area contributed by atoms with Crippen LogP contribution in [0.15, 0.2) is 30.3 Å². The number of amides is 3. The van der Waals surface area contributed by atoms with Crippen LogP contribution in [0.3, 0.4) is 0 Å². The van der Waals surface area contributed by atoms with Crippen LogP contribution in [0.5, 0.6) is 0 Å². The van der Waals surface area contributed by atoms with E-state index in [-0.39, 0.29) is 6.54 Å². The van der Waals surface area contributed by atoms with E-state index >= 15 is 0 Å². The van der Waals surface area contributed by atoms with Crippen molar-refractivity contribution in [3.8, 4) is 0 Å². The van der Waals surface area contributed by atoms with Crippen LogP contribution in [0.1, 0.15) is 38.1 Å². The molecule has 0 aromatic heterocycles. The highest BCUT2D eigenvalue weighted by Gasteiger charge is 2.62. The minimum Gasteiger partial charge on any atom is -0.343 e. The summed E-state index contributed by atoms with van der Waals surface area (Å²) >= 11 is 0. The average Bonchev–Trinajstić information content (AvgIpc) is 3.23. The van der Waals surface area contributed by atoms with Gasteiger partial charge in [0.15, 0.2) is 24.0 Å². The molecule has 3 saturated heterocycles. The highest BCUT2D eigenvalue weighted by Crippen LogP contribution is 2.44. The predicted octanol–water partition coefficient (Wildman–Crippen LogP) is -0.0397. The first-order valence-electron chi connectivity index (χ1n) is 10.3. The summed E-state index contributed by atoms with van der Waals surface area (Å²) in [6.45, 7) is 6.61. The van der Waals surface area contributed by atoms with Gasteiger partial charge in [0.1, 0.15) is 18.3 Å². The first kappa shape index (κ1) is 22.6. The van der Waals surface area contributed by atoms with Crippen molar-refractivity contribution in [2.45, 2.75) is 70.0 Å².